The number of nitrogens with one attached hydrogen (secondary N) is 2. The van der Waals surface area contributed by atoms with Crippen LogP contribution in [0, 0.1) is 6.92 Å². The average Bonchev–Trinajstić information content (AvgIpc) is 2.36. The summed E-state index contributed by atoms with van der Waals surface area (Å²) in [6.45, 7) is 2.97. The lowest BCUT2D eigenvalue weighted by atomic mass is 10.1. The van der Waals surface area contributed by atoms with E-state index in [0.29, 0.717) is 24.8 Å². The molecular formula is C14H17N3O2. The first-order valence-electron chi connectivity index (χ1n) is 6.06. The number of anilines is 1. The van der Waals surface area contributed by atoms with Gasteiger partial charge in [-0.15, -0.1) is 0 Å². The molecule has 0 aliphatic heterocycles. The first-order chi connectivity index (χ1) is 9.17. The van der Waals surface area contributed by atoms with Crippen molar-refractivity contribution in [1.82, 2.24) is 9.97 Å². The van der Waals surface area contributed by atoms with Gasteiger partial charge in [0.2, 0.25) is 0 Å². The molecule has 0 aliphatic carbocycles. The molecule has 100 valence electrons. The van der Waals surface area contributed by atoms with Crippen LogP contribution in [0.15, 0.2) is 35.1 Å². The summed E-state index contributed by atoms with van der Waals surface area (Å²) in [6.07, 6.45) is 0. The summed E-state index contributed by atoms with van der Waals surface area (Å²) >= 11 is 0. The molecule has 0 aliphatic rings. The van der Waals surface area contributed by atoms with Crippen molar-refractivity contribution in [3.63, 3.8) is 0 Å². The second-order valence-corrected chi connectivity index (χ2v) is 4.32. The quantitative estimate of drug-likeness (QED) is 0.859. The molecule has 1 aromatic heterocycles. The van der Waals surface area contributed by atoms with Gasteiger partial charge in [-0.1, -0.05) is 24.3 Å². The van der Waals surface area contributed by atoms with Crippen molar-refractivity contribution < 1.29 is 4.74 Å². The van der Waals surface area contributed by atoms with E-state index in [1.807, 2.05) is 18.2 Å². The summed E-state index contributed by atoms with van der Waals surface area (Å²) in [6, 6.07) is 9.54. The Morgan fingerprint density at radius 3 is 2.84 bits per heavy atom. The molecule has 5 nitrogen and oxygen atoms in total. The molecule has 0 amide bonds. The lowest BCUT2D eigenvalue weighted by Gasteiger charge is -2.07. The van der Waals surface area contributed by atoms with Crippen LogP contribution in [0.5, 0.6) is 0 Å². The van der Waals surface area contributed by atoms with Crippen LogP contribution in [0.3, 0.4) is 0 Å². The fourth-order valence-corrected chi connectivity index (χ4v) is 1.86. The van der Waals surface area contributed by atoms with Crippen LogP contribution >= 0.6 is 0 Å². The van der Waals surface area contributed by atoms with Crippen molar-refractivity contribution in [1.29, 1.82) is 0 Å². The molecule has 0 radical (unpaired) electrons. The Balaban J connectivity index is 2.05. The van der Waals surface area contributed by atoms with Gasteiger partial charge in [-0.2, -0.15) is 0 Å². The van der Waals surface area contributed by atoms with Gasteiger partial charge in [-0.3, -0.25) is 4.79 Å². The smallest absolute Gasteiger partial charge is 0.252 e. The van der Waals surface area contributed by atoms with Gasteiger partial charge in [-0.25, -0.2) is 4.98 Å². The van der Waals surface area contributed by atoms with Crippen LogP contribution in [-0.2, 0) is 17.9 Å². The predicted octanol–water partition coefficient (Wildman–Crippen LogP) is 1.84. The molecule has 19 heavy (non-hydrogen) atoms. The fraction of sp³-hybridized carbons (Fsp3) is 0.286. The molecule has 0 saturated carbocycles. The van der Waals surface area contributed by atoms with E-state index in [1.54, 1.807) is 14.0 Å². The largest absolute Gasteiger partial charge is 0.380 e. The molecular weight excluding hydrogens is 242 g/mol. The van der Waals surface area contributed by atoms with Crippen LogP contribution in [0.1, 0.15) is 17.0 Å². The maximum Gasteiger partial charge on any atom is 0.252 e. The van der Waals surface area contributed by atoms with Crippen LogP contribution < -0.4 is 10.9 Å². The van der Waals surface area contributed by atoms with E-state index in [2.05, 4.69) is 21.4 Å². The summed E-state index contributed by atoms with van der Waals surface area (Å²) in [4.78, 5) is 18.1. The summed E-state index contributed by atoms with van der Waals surface area (Å²) in [5, 5.41) is 3.14. The lowest BCUT2D eigenvalue weighted by Crippen LogP contribution is -2.11. The van der Waals surface area contributed by atoms with Crippen molar-refractivity contribution in [2.45, 2.75) is 20.1 Å². The van der Waals surface area contributed by atoms with Crippen molar-refractivity contribution in [2.24, 2.45) is 0 Å². The molecule has 2 N–H and O–H groups in total. The molecule has 0 bridgehead atoms. The minimum absolute atomic E-state index is 0.150. The Morgan fingerprint density at radius 2 is 2.11 bits per heavy atom. The number of methoxy groups -OCH3 is 1. The van der Waals surface area contributed by atoms with Gasteiger partial charge < -0.3 is 15.0 Å². The third-order valence-electron chi connectivity index (χ3n) is 2.64. The molecule has 0 saturated heterocycles. The summed E-state index contributed by atoms with van der Waals surface area (Å²) in [5.41, 5.74) is 2.09. The Bertz CT molecular complexity index is 608. The van der Waals surface area contributed by atoms with Gasteiger partial charge in [0.1, 0.15) is 11.6 Å². The van der Waals surface area contributed by atoms with Gasteiger partial charge in [0.25, 0.3) is 5.56 Å². The maximum absolute atomic E-state index is 11.3. The Hall–Kier alpha value is -2.14. The predicted molar refractivity (Wildman–Crippen MR) is 74.1 cm³/mol. The monoisotopic (exact) mass is 259 g/mol. The number of aryl methyl sites for hydroxylation is 1. The molecule has 2 aromatic rings. The van der Waals surface area contributed by atoms with Crippen LogP contribution in [0.25, 0.3) is 0 Å². The van der Waals surface area contributed by atoms with E-state index >= 15 is 0 Å². The van der Waals surface area contributed by atoms with Gasteiger partial charge in [0, 0.05) is 19.7 Å². The van der Waals surface area contributed by atoms with Crippen LogP contribution in [-0.4, -0.2) is 17.1 Å². The first-order valence-corrected chi connectivity index (χ1v) is 6.06. The second kappa shape index (κ2) is 6.15. The summed E-state index contributed by atoms with van der Waals surface area (Å²) < 4.78 is 5.10. The number of nitrogens with zero attached hydrogens (tertiary/aromatic N) is 1. The van der Waals surface area contributed by atoms with E-state index in [4.69, 9.17) is 4.74 Å². The number of H-pyrrole nitrogens is 1. The van der Waals surface area contributed by atoms with Gasteiger partial charge in [0.05, 0.1) is 6.61 Å². The molecule has 1 heterocycles. The Kier molecular flexibility index (Phi) is 4.30. The van der Waals surface area contributed by atoms with E-state index < -0.39 is 0 Å². The zero-order valence-corrected chi connectivity index (χ0v) is 11.1. The molecule has 0 unspecified atom stereocenters. The number of hydrogen-bond donors (Lipinski definition) is 2. The van der Waals surface area contributed by atoms with Crippen molar-refractivity contribution in [3.8, 4) is 0 Å². The minimum Gasteiger partial charge on any atom is -0.380 e. The number of benzene rings is 1. The van der Waals surface area contributed by atoms with Crippen molar-refractivity contribution in [2.75, 3.05) is 12.4 Å². The maximum atomic E-state index is 11.3. The third-order valence-corrected chi connectivity index (χ3v) is 2.64. The normalized spacial score (nSPS) is 10.4. The highest BCUT2D eigenvalue weighted by atomic mass is 16.5. The highest BCUT2D eigenvalue weighted by Crippen LogP contribution is 2.08. The number of hydrogen-bond acceptors (Lipinski definition) is 4. The topological polar surface area (TPSA) is 67.0 Å². The Labute approximate surface area is 111 Å². The molecule has 0 atom stereocenters. The zero-order chi connectivity index (χ0) is 13.7. The standard InChI is InChI=1S/C14H17N3O2/c1-10-16-13(7-14(18)17-10)15-8-11-4-3-5-12(6-11)9-19-2/h3-7H,8-9H2,1-2H3,(H2,15,16,17,18). The third kappa shape index (κ3) is 3.93. The second-order valence-electron chi connectivity index (χ2n) is 4.32. The number of rotatable bonds is 5. The van der Waals surface area contributed by atoms with Crippen molar-refractivity contribution >= 4 is 5.82 Å². The Morgan fingerprint density at radius 1 is 1.32 bits per heavy atom. The summed E-state index contributed by atoms with van der Waals surface area (Å²) in [7, 11) is 1.67. The molecule has 2 rings (SSSR count). The SMILES string of the molecule is COCc1cccc(CNc2cc(=O)[nH]c(C)n2)c1. The van der Waals surface area contributed by atoms with Gasteiger partial charge >= 0.3 is 0 Å². The van der Waals surface area contributed by atoms with Crippen molar-refractivity contribution in [3.05, 3.63) is 57.6 Å². The van der Waals surface area contributed by atoms with Crippen LogP contribution in [0.2, 0.25) is 0 Å². The zero-order valence-electron chi connectivity index (χ0n) is 11.1. The number of aromatic nitrogens is 2. The first kappa shape index (κ1) is 13.3. The number of aromatic amines is 1. The number of ether oxygens (including phenoxy) is 1. The molecule has 5 heteroatoms. The molecule has 1 aromatic carbocycles. The van der Waals surface area contributed by atoms with Gasteiger partial charge in [-0.05, 0) is 18.1 Å². The lowest BCUT2D eigenvalue weighted by molar-refractivity contribution is 0.185. The average molecular weight is 259 g/mol. The van der Waals surface area contributed by atoms with Crippen LogP contribution in [0.4, 0.5) is 5.82 Å². The van der Waals surface area contributed by atoms with E-state index in [0.717, 1.165) is 11.1 Å². The molecule has 0 fully saturated rings. The fourth-order valence-electron chi connectivity index (χ4n) is 1.86. The summed E-state index contributed by atoms with van der Waals surface area (Å²) in [5.74, 6) is 1.18. The molecule has 0 spiro atoms. The van der Waals surface area contributed by atoms with Gasteiger partial charge in [0.15, 0.2) is 0 Å². The van der Waals surface area contributed by atoms with E-state index in [-0.39, 0.29) is 5.56 Å². The van der Waals surface area contributed by atoms with E-state index in [9.17, 15) is 4.79 Å². The highest BCUT2D eigenvalue weighted by Gasteiger charge is 1.99. The minimum atomic E-state index is -0.150. The highest BCUT2D eigenvalue weighted by molar-refractivity contribution is 5.35. The van der Waals surface area contributed by atoms with E-state index in [1.165, 1.54) is 6.07 Å².